The number of aryl methyl sites for hydroxylation is 8. The second-order valence-corrected chi connectivity index (χ2v) is 31.9. The summed E-state index contributed by atoms with van der Waals surface area (Å²) in [6.45, 7) is 40.4. The van der Waals surface area contributed by atoms with Crippen LogP contribution >= 0.6 is 0 Å². The Labute approximate surface area is 656 Å². The maximum absolute atomic E-state index is 13.6. The predicted molar refractivity (Wildman–Crippen MR) is 458 cm³/mol. The van der Waals surface area contributed by atoms with Crippen molar-refractivity contribution in [1.29, 1.82) is 0 Å². The van der Waals surface area contributed by atoms with Gasteiger partial charge in [-0.25, -0.2) is 22.7 Å². The van der Waals surface area contributed by atoms with Gasteiger partial charge in [-0.1, -0.05) is 279 Å². The summed E-state index contributed by atoms with van der Waals surface area (Å²) in [6.07, 6.45) is 17.3. The number of rotatable bonds is 17. The molecule has 0 aliphatic rings. The van der Waals surface area contributed by atoms with Crippen molar-refractivity contribution in [1.82, 2.24) is 18.3 Å². The van der Waals surface area contributed by atoms with Gasteiger partial charge in [-0.3, -0.25) is 0 Å². The summed E-state index contributed by atoms with van der Waals surface area (Å²) in [4.78, 5) is 0. The van der Waals surface area contributed by atoms with Crippen LogP contribution in [0.5, 0.6) is 0 Å². The highest BCUT2D eigenvalue weighted by Crippen LogP contribution is 2.42. The lowest BCUT2D eigenvalue weighted by Crippen LogP contribution is -2.29. The smallest absolute Gasteiger partial charge is 0.232 e. The average molecular weight is 1460 g/mol. The van der Waals surface area contributed by atoms with Gasteiger partial charge in [-0.05, 0) is 144 Å². The van der Waals surface area contributed by atoms with E-state index in [9.17, 15) is 4.39 Å². The highest BCUT2D eigenvalue weighted by atomic mass is 19.1. The minimum absolute atomic E-state index is 0.197. The van der Waals surface area contributed by atoms with Crippen molar-refractivity contribution in [2.45, 2.75) is 166 Å². The third-order valence-corrected chi connectivity index (χ3v) is 21.5. The predicted octanol–water partition coefficient (Wildman–Crippen LogP) is 24.4. The fourth-order valence-corrected chi connectivity index (χ4v) is 15.5. The highest BCUT2D eigenvalue weighted by Gasteiger charge is 2.32. The summed E-state index contributed by atoms with van der Waals surface area (Å²) in [5.41, 5.74) is 29.4. The summed E-state index contributed by atoms with van der Waals surface area (Å²) >= 11 is 0. The third-order valence-electron chi connectivity index (χ3n) is 21.5. The van der Waals surface area contributed by atoms with Crippen LogP contribution < -0.4 is 18.3 Å². The Bertz CT molecular complexity index is 5330. The molecular formula is C101H117FN8+4. The quantitative estimate of drug-likeness (QED) is 0.0815. The van der Waals surface area contributed by atoms with E-state index in [4.69, 9.17) is 0 Å². The van der Waals surface area contributed by atoms with Crippen molar-refractivity contribution >= 4 is 0 Å². The molecule has 564 valence electrons. The van der Waals surface area contributed by atoms with Crippen LogP contribution in [0.1, 0.15) is 200 Å². The van der Waals surface area contributed by atoms with E-state index in [-0.39, 0.29) is 5.82 Å². The third kappa shape index (κ3) is 17.0. The van der Waals surface area contributed by atoms with Crippen LogP contribution in [0.2, 0.25) is 0 Å². The van der Waals surface area contributed by atoms with E-state index in [0.717, 1.165) is 17.0 Å². The lowest BCUT2D eigenvalue weighted by atomic mass is 9.87. The fourth-order valence-electron chi connectivity index (χ4n) is 15.5. The number of para-hydroxylation sites is 3. The molecule has 10 aromatic carbocycles. The van der Waals surface area contributed by atoms with Crippen LogP contribution in [0.15, 0.2) is 268 Å². The van der Waals surface area contributed by atoms with E-state index in [2.05, 4.69) is 425 Å². The molecule has 0 saturated carbocycles. The molecule has 8 nitrogen and oxygen atoms in total. The Morgan fingerprint density at radius 1 is 0.245 bits per heavy atom. The topological polar surface area (TPSA) is 35.2 Å². The van der Waals surface area contributed by atoms with Gasteiger partial charge in [-0.15, -0.1) is 0 Å². The minimum atomic E-state index is -0.197. The van der Waals surface area contributed by atoms with E-state index >= 15 is 0 Å². The van der Waals surface area contributed by atoms with Gasteiger partial charge in [0.2, 0.25) is 0 Å². The summed E-state index contributed by atoms with van der Waals surface area (Å²) in [5, 5.41) is 0. The van der Waals surface area contributed by atoms with E-state index in [1.807, 2.05) is 20.0 Å². The molecular weight excluding hydrogens is 1340 g/mol. The summed E-state index contributed by atoms with van der Waals surface area (Å²) in [7, 11) is 8.43. The normalized spacial score (nSPS) is 11.4. The first-order valence-electron chi connectivity index (χ1n) is 39.6. The Morgan fingerprint density at radius 2 is 0.509 bits per heavy atom. The molecule has 4 heterocycles. The van der Waals surface area contributed by atoms with Crippen molar-refractivity contribution in [2.75, 3.05) is 0 Å². The second kappa shape index (κ2) is 35.1. The molecule has 0 N–H and O–H groups in total. The zero-order valence-electron chi connectivity index (χ0n) is 69.4. The van der Waals surface area contributed by atoms with Crippen LogP contribution in [0, 0.1) is 33.5 Å². The molecule has 0 aliphatic carbocycles. The molecule has 14 rings (SSSR count). The molecule has 4 aromatic heterocycles. The van der Waals surface area contributed by atoms with Gasteiger partial charge in [0.05, 0.1) is 50.4 Å². The molecule has 0 radical (unpaired) electrons. The Hall–Kier alpha value is -11.0. The van der Waals surface area contributed by atoms with Crippen molar-refractivity contribution in [2.24, 2.45) is 28.2 Å². The molecule has 0 fully saturated rings. The van der Waals surface area contributed by atoms with Gasteiger partial charge in [-0.2, -0.15) is 18.3 Å². The summed E-state index contributed by atoms with van der Waals surface area (Å²) in [6, 6.07) is 77.0. The monoisotopic (exact) mass is 1460 g/mol. The van der Waals surface area contributed by atoms with Crippen LogP contribution in [0.25, 0.3) is 90.6 Å². The van der Waals surface area contributed by atoms with Crippen molar-refractivity contribution < 1.29 is 22.7 Å². The van der Waals surface area contributed by atoms with Crippen LogP contribution in [-0.2, 0) is 28.2 Å². The molecule has 0 bridgehead atoms. The summed E-state index contributed by atoms with van der Waals surface area (Å²) in [5.74, 6) is 7.74. The van der Waals surface area contributed by atoms with Crippen molar-refractivity contribution in [3.63, 3.8) is 0 Å². The Kier molecular flexibility index (Phi) is 25.5. The van der Waals surface area contributed by atoms with Gasteiger partial charge in [0.1, 0.15) is 78.1 Å². The zero-order chi connectivity index (χ0) is 78.9. The molecule has 0 unspecified atom stereocenters. The number of benzene rings is 10. The number of hydrogen-bond acceptors (Lipinski definition) is 0. The van der Waals surface area contributed by atoms with Gasteiger partial charge >= 0.3 is 0 Å². The highest BCUT2D eigenvalue weighted by molar-refractivity contribution is 5.86. The van der Waals surface area contributed by atoms with Crippen molar-refractivity contribution in [3.05, 3.63) is 335 Å². The maximum atomic E-state index is 13.6. The Balaban J connectivity index is 0.000000146. The van der Waals surface area contributed by atoms with E-state index in [1.54, 1.807) is 6.07 Å². The van der Waals surface area contributed by atoms with E-state index < -0.39 is 0 Å². The fraction of sp³-hybridized carbons (Fsp3) is 0.287. The number of aromatic nitrogens is 8. The number of halogens is 1. The summed E-state index contributed by atoms with van der Waals surface area (Å²) < 4.78 is 31.8. The number of hydrogen-bond donors (Lipinski definition) is 0. The first-order valence-corrected chi connectivity index (χ1v) is 39.6. The van der Waals surface area contributed by atoms with Gasteiger partial charge < -0.3 is 0 Å². The molecule has 0 aliphatic heterocycles. The van der Waals surface area contributed by atoms with Gasteiger partial charge in [0.25, 0.3) is 23.3 Å². The molecule has 0 saturated heterocycles. The minimum Gasteiger partial charge on any atom is -0.232 e. The molecule has 110 heavy (non-hydrogen) atoms. The average Bonchev–Trinajstić information content (AvgIpc) is 1.54. The lowest BCUT2D eigenvalue weighted by Gasteiger charge is -2.21. The SMILES string of the molecule is Cc1cc(F)ccc1-c1n(-c2c(C(C)C)cccc2C(C)C)cc[n+]1C.Cc1ccccc1-c1n(-c2c(-c3ccccc3)cccc2-c2ccccc2)cc[n+]1C.Cc1ccccc1-c1n(-c2c(C(C)C)cc(C(C)C)cc2C(C)C)cc[n+]1C.Cc1ccccc1-c1n(-c2c(C(C)C)cccc2C(C)C)cc[n+]1C. The van der Waals surface area contributed by atoms with E-state index in [0.29, 0.717) is 41.4 Å². The number of imidazole rings is 4. The maximum Gasteiger partial charge on any atom is 0.294 e. The molecule has 0 amide bonds. The van der Waals surface area contributed by atoms with Crippen LogP contribution in [0.3, 0.4) is 0 Å². The molecule has 9 heteroatoms. The van der Waals surface area contributed by atoms with Gasteiger partial charge in [0, 0.05) is 44.5 Å². The van der Waals surface area contributed by atoms with Crippen LogP contribution in [0.4, 0.5) is 4.39 Å². The lowest BCUT2D eigenvalue weighted by molar-refractivity contribution is -0.659. The van der Waals surface area contributed by atoms with Crippen LogP contribution in [-0.4, -0.2) is 18.3 Å². The number of nitrogens with zero attached hydrogens (tertiary/aromatic N) is 8. The largest absolute Gasteiger partial charge is 0.294 e. The standard InChI is InChI=1S/C29H25N2.C26H35N2.C23H28FN2.C23H29N2/c1-22-12-9-10-17-25(22)29-30(2)20-21-31(29)28-26(23-13-5-3-6-14-23)18-11-19-27(28)24-15-7-4-8-16-24;1-17(2)21-15-23(18(3)4)25(24(16-21)19(5)6)28-14-13-27(8)26(28)22-12-10-9-11-20(22)7;1-15(2)19-8-7-9-20(16(3)4)22(19)26-13-12-25(6)23(26)21-11-10-18(24)14-17(21)5;1-16(2)19-12-9-13-20(17(3)4)22(19)25-15-14-24(6)23(25)21-11-8-7-10-18(21)5/h3-21H,1-2H3;9-19H,1-8H3;7-16H,1-6H3;7-17H,1-6H3/q4*+1. The van der Waals surface area contributed by atoms with Gasteiger partial charge in [0.15, 0.2) is 0 Å². The Morgan fingerprint density at radius 3 is 0.800 bits per heavy atom. The first-order chi connectivity index (χ1) is 52.7. The molecule has 0 spiro atoms. The van der Waals surface area contributed by atoms with Crippen molar-refractivity contribution in [3.8, 4) is 90.6 Å². The molecule has 0 atom stereocenters. The zero-order valence-corrected chi connectivity index (χ0v) is 69.4. The first kappa shape index (κ1) is 80.0. The van der Waals surface area contributed by atoms with E-state index in [1.165, 1.54) is 141 Å². The second-order valence-electron chi connectivity index (χ2n) is 31.9. The molecule has 14 aromatic rings.